The molecule has 0 radical (unpaired) electrons. The van der Waals surface area contributed by atoms with Gasteiger partial charge in [0, 0.05) is 4.88 Å². The fourth-order valence-corrected chi connectivity index (χ4v) is 4.78. The third kappa shape index (κ3) is 2.20. The highest BCUT2D eigenvalue weighted by Gasteiger charge is 2.22. The molecular weight excluding hydrogens is 268 g/mol. The summed E-state index contributed by atoms with van der Waals surface area (Å²) in [5, 5.41) is 1.21. The van der Waals surface area contributed by atoms with E-state index >= 15 is 0 Å². The van der Waals surface area contributed by atoms with Gasteiger partial charge in [-0.2, -0.15) is 0 Å². The molecular formula is C16H20N2OS. The molecule has 0 amide bonds. The van der Waals surface area contributed by atoms with E-state index in [-0.39, 0.29) is 0 Å². The van der Waals surface area contributed by atoms with Gasteiger partial charge in [0.25, 0.3) is 0 Å². The number of nitrogens with zero attached hydrogens (tertiary/aromatic N) is 2. The summed E-state index contributed by atoms with van der Waals surface area (Å²) in [5.41, 5.74) is 1.46. The lowest BCUT2D eigenvalue weighted by Gasteiger charge is -2.21. The summed E-state index contributed by atoms with van der Waals surface area (Å²) in [6, 6.07) is 0. The summed E-state index contributed by atoms with van der Waals surface area (Å²) in [5.74, 6) is 1.56. The van der Waals surface area contributed by atoms with Crippen LogP contribution in [0.1, 0.15) is 49.0 Å². The number of aryl methyl sites for hydroxylation is 2. The minimum Gasteiger partial charge on any atom is -0.477 e. The Kier molecular flexibility index (Phi) is 3.34. The molecule has 1 saturated carbocycles. The first-order valence-electron chi connectivity index (χ1n) is 7.80. The van der Waals surface area contributed by atoms with Crippen LogP contribution in [0.25, 0.3) is 10.2 Å². The lowest BCUT2D eigenvalue weighted by Crippen LogP contribution is -2.15. The minimum absolute atomic E-state index is 0.723. The number of ether oxygens (including phenoxy) is 1. The first kappa shape index (κ1) is 12.6. The Hall–Kier alpha value is -1.16. The van der Waals surface area contributed by atoms with E-state index in [9.17, 15) is 0 Å². The van der Waals surface area contributed by atoms with Crippen molar-refractivity contribution >= 4 is 21.6 Å². The maximum atomic E-state index is 6.10. The highest BCUT2D eigenvalue weighted by atomic mass is 32.1. The SMILES string of the molecule is c1nc(OCC2CCCCC2)c2c3c(sc2n1)CCC3. The quantitative estimate of drug-likeness (QED) is 0.851. The Morgan fingerprint density at radius 3 is 2.90 bits per heavy atom. The minimum atomic E-state index is 0.723. The number of thiophene rings is 1. The van der Waals surface area contributed by atoms with Gasteiger partial charge in [0.05, 0.1) is 12.0 Å². The summed E-state index contributed by atoms with van der Waals surface area (Å²) in [6.45, 7) is 0.830. The van der Waals surface area contributed by atoms with Gasteiger partial charge in [0.2, 0.25) is 5.88 Å². The summed E-state index contributed by atoms with van der Waals surface area (Å²) in [7, 11) is 0. The van der Waals surface area contributed by atoms with Crippen LogP contribution in [0.4, 0.5) is 0 Å². The average Bonchev–Trinajstić information content (AvgIpc) is 3.06. The van der Waals surface area contributed by atoms with Crippen molar-refractivity contribution in [2.75, 3.05) is 6.61 Å². The number of fused-ring (bicyclic) bond motifs is 3. The van der Waals surface area contributed by atoms with E-state index in [1.807, 2.05) is 11.3 Å². The van der Waals surface area contributed by atoms with Crippen molar-refractivity contribution in [2.24, 2.45) is 5.92 Å². The van der Waals surface area contributed by atoms with Gasteiger partial charge in [-0.25, -0.2) is 9.97 Å². The van der Waals surface area contributed by atoms with E-state index in [1.165, 1.54) is 67.2 Å². The summed E-state index contributed by atoms with van der Waals surface area (Å²) in [6.07, 6.45) is 12.1. The second kappa shape index (κ2) is 5.32. The van der Waals surface area contributed by atoms with E-state index in [0.717, 1.165) is 23.2 Å². The number of hydrogen-bond donors (Lipinski definition) is 0. The zero-order valence-electron chi connectivity index (χ0n) is 11.7. The zero-order valence-corrected chi connectivity index (χ0v) is 12.5. The molecule has 3 nitrogen and oxygen atoms in total. The monoisotopic (exact) mass is 288 g/mol. The lowest BCUT2D eigenvalue weighted by molar-refractivity contribution is 0.205. The van der Waals surface area contributed by atoms with Crippen LogP contribution in [0.2, 0.25) is 0 Å². The normalized spacial score (nSPS) is 19.4. The first-order chi connectivity index (χ1) is 9.92. The summed E-state index contributed by atoms with van der Waals surface area (Å²) < 4.78 is 6.10. The van der Waals surface area contributed by atoms with E-state index in [4.69, 9.17) is 4.74 Å². The number of rotatable bonds is 3. The molecule has 2 heterocycles. The van der Waals surface area contributed by atoms with Gasteiger partial charge in [-0.15, -0.1) is 11.3 Å². The summed E-state index contributed by atoms with van der Waals surface area (Å²) in [4.78, 5) is 11.5. The van der Waals surface area contributed by atoms with E-state index < -0.39 is 0 Å². The predicted molar refractivity (Wildman–Crippen MR) is 81.5 cm³/mol. The van der Waals surface area contributed by atoms with Crippen molar-refractivity contribution < 1.29 is 4.74 Å². The Morgan fingerprint density at radius 1 is 1.10 bits per heavy atom. The van der Waals surface area contributed by atoms with E-state index in [0.29, 0.717) is 0 Å². The molecule has 20 heavy (non-hydrogen) atoms. The molecule has 0 N–H and O–H groups in total. The van der Waals surface area contributed by atoms with E-state index in [1.54, 1.807) is 6.33 Å². The highest BCUT2D eigenvalue weighted by molar-refractivity contribution is 7.18. The van der Waals surface area contributed by atoms with Crippen molar-refractivity contribution in [1.29, 1.82) is 0 Å². The van der Waals surface area contributed by atoms with Crippen molar-refractivity contribution in [1.82, 2.24) is 9.97 Å². The molecule has 4 rings (SSSR count). The topological polar surface area (TPSA) is 35.0 Å². The van der Waals surface area contributed by atoms with Crippen molar-refractivity contribution in [3.8, 4) is 5.88 Å². The van der Waals surface area contributed by atoms with E-state index in [2.05, 4.69) is 9.97 Å². The van der Waals surface area contributed by atoms with Gasteiger partial charge in [-0.3, -0.25) is 0 Å². The zero-order chi connectivity index (χ0) is 13.4. The molecule has 0 saturated heterocycles. The van der Waals surface area contributed by atoms with Gasteiger partial charge in [0.1, 0.15) is 11.2 Å². The first-order valence-corrected chi connectivity index (χ1v) is 8.61. The summed E-state index contributed by atoms with van der Waals surface area (Å²) >= 11 is 1.83. The third-order valence-corrected chi connectivity index (χ3v) is 5.85. The molecule has 2 aromatic rings. The average molecular weight is 288 g/mol. The van der Waals surface area contributed by atoms with Crippen molar-refractivity contribution in [3.63, 3.8) is 0 Å². The maximum absolute atomic E-state index is 6.10. The fraction of sp³-hybridized carbons (Fsp3) is 0.625. The lowest BCUT2D eigenvalue weighted by atomic mass is 9.90. The van der Waals surface area contributed by atoms with Crippen molar-refractivity contribution in [2.45, 2.75) is 51.4 Å². The van der Waals surface area contributed by atoms with Gasteiger partial charge >= 0.3 is 0 Å². The molecule has 4 heteroatoms. The molecule has 0 unspecified atom stereocenters. The van der Waals surface area contributed by atoms with Gasteiger partial charge in [-0.05, 0) is 43.6 Å². The second-order valence-corrected chi connectivity index (χ2v) is 7.11. The maximum Gasteiger partial charge on any atom is 0.225 e. The molecule has 2 aromatic heterocycles. The standard InChI is InChI=1S/C16H20N2OS/c1-2-5-11(6-3-1)9-19-15-14-12-7-4-8-13(12)20-16(14)18-10-17-15/h10-11H,1-9H2. The molecule has 2 aliphatic carbocycles. The van der Waals surface area contributed by atoms with Crippen molar-refractivity contribution in [3.05, 3.63) is 16.8 Å². The Balaban J connectivity index is 1.59. The van der Waals surface area contributed by atoms with Crippen LogP contribution in [0.5, 0.6) is 5.88 Å². The van der Waals surface area contributed by atoms with Crippen LogP contribution in [0.3, 0.4) is 0 Å². The van der Waals surface area contributed by atoms with Gasteiger partial charge in [-0.1, -0.05) is 19.3 Å². The van der Waals surface area contributed by atoms with Crippen LogP contribution >= 0.6 is 11.3 Å². The highest BCUT2D eigenvalue weighted by Crippen LogP contribution is 2.40. The van der Waals surface area contributed by atoms with Crippen LogP contribution in [0.15, 0.2) is 6.33 Å². The molecule has 0 atom stereocenters. The van der Waals surface area contributed by atoms with Crippen LogP contribution in [0, 0.1) is 5.92 Å². The van der Waals surface area contributed by atoms with Crippen LogP contribution < -0.4 is 4.74 Å². The molecule has 0 bridgehead atoms. The van der Waals surface area contributed by atoms with Gasteiger partial charge in [0.15, 0.2) is 0 Å². The molecule has 0 spiro atoms. The Labute approximate surface area is 123 Å². The van der Waals surface area contributed by atoms with Crippen LogP contribution in [-0.4, -0.2) is 16.6 Å². The Bertz CT molecular complexity index is 616. The fourth-order valence-electron chi connectivity index (χ4n) is 3.56. The van der Waals surface area contributed by atoms with Gasteiger partial charge < -0.3 is 4.74 Å². The molecule has 0 aliphatic heterocycles. The largest absolute Gasteiger partial charge is 0.477 e. The molecule has 106 valence electrons. The Morgan fingerprint density at radius 2 is 2.00 bits per heavy atom. The third-order valence-electron chi connectivity index (χ3n) is 4.65. The number of hydrogen-bond acceptors (Lipinski definition) is 4. The van der Waals surface area contributed by atoms with Crippen LogP contribution in [-0.2, 0) is 12.8 Å². The predicted octanol–water partition coefficient (Wildman–Crippen LogP) is 4.14. The second-order valence-electron chi connectivity index (χ2n) is 6.03. The molecule has 2 aliphatic rings. The molecule has 0 aromatic carbocycles. The number of aromatic nitrogens is 2. The molecule has 1 fully saturated rings. The smallest absolute Gasteiger partial charge is 0.225 e.